The first-order valence-electron chi connectivity index (χ1n) is 6.88. The number of hydrogen-bond donors (Lipinski definition) is 1. The summed E-state index contributed by atoms with van der Waals surface area (Å²) >= 11 is 12.2. The predicted octanol–water partition coefficient (Wildman–Crippen LogP) is 2.35. The summed E-state index contributed by atoms with van der Waals surface area (Å²) in [7, 11) is 1.74. The maximum absolute atomic E-state index is 12.5. The molecule has 3 rings (SSSR count). The summed E-state index contributed by atoms with van der Waals surface area (Å²) in [5, 5.41) is 15.3. The zero-order valence-electron chi connectivity index (χ0n) is 12.0. The highest BCUT2D eigenvalue weighted by Gasteiger charge is 2.28. The van der Waals surface area contributed by atoms with Crippen LogP contribution in [0.4, 0.5) is 0 Å². The van der Waals surface area contributed by atoms with Gasteiger partial charge in [-0.15, -0.1) is 0 Å². The molecular weight excluding hydrogens is 325 g/mol. The quantitative estimate of drug-likeness (QED) is 0.913. The van der Waals surface area contributed by atoms with E-state index in [9.17, 15) is 9.90 Å². The minimum atomic E-state index is -1.21. The fraction of sp³-hybridized carbons (Fsp3) is 0.333. The Labute approximate surface area is 138 Å². The summed E-state index contributed by atoms with van der Waals surface area (Å²) in [5.74, 6) is -0.343. The van der Waals surface area contributed by atoms with Crippen LogP contribution in [0.2, 0.25) is 10.0 Å². The molecule has 7 heteroatoms. The minimum Gasteiger partial charge on any atom is -0.378 e. The fourth-order valence-corrected chi connectivity index (χ4v) is 3.26. The van der Waals surface area contributed by atoms with Crippen molar-refractivity contribution in [2.24, 2.45) is 7.05 Å². The smallest absolute Gasteiger partial charge is 0.256 e. The van der Waals surface area contributed by atoms with Gasteiger partial charge < -0.3 is 10.0 Å². The maximum Gasteiger partial charge on any atom is 0.256 e. The van der Waals surface area contributed by atoms with Crippen molar-refractivity contribution in [1.82, 2.24) is 14.7 Å². The van der Waals surface area contributed by atoms with Gasteiger partial charge in [-0.05, 0) is 29.7 Å². The highest BCUT2D eigenvalue weighted by Crippen LogP contribution is 2.31. The monoisotopic (exact) mass is 339 g/mol. The lowest BCUT2D eigenvalue weighted by Crippen LogP contribution is -2.39. The zero-order chi connectivity index (χ0) is 15.9. The number of aliphatic hydroxyl groups is 1. The highest BCUT2D eigenvalue weighted by atomic mass is 35.5. The van der Waals surface area contributed by atoms with Crippen molar-refractivity contribution >= 4 is 29.1 Å². The lowest BCUT2D eigenvalue weighted by molar-refractivity contribution is -0.141. The summed E-state index contributed by atoms with van der Waals surface area (Å²) in [5.41, 5.74) is 2.43. The molecule has 0 aliphatic carbocycles. The Morgan fingerprint density at radius 3 is 2.86 bits per heavy atom. The van der Waals surface area contributed by atoms with Gasteiger partial charge in [0, 0.05) is 41.9 Å². The molecule has 2 heterocycles. The molecule has 0 radical (unpaired) electrons. The van der Waals surface area contributed by atoms with Gasteiger partial charge in [-0.2, -0.15) is 5.10 Å². The van der Waals surface area contributed by atoms with Crippen molar-refractivity contribution in [3.05, 3.63) is 51.3 Å². The van der Waals surface area contributed by atoms with Crippen LogP contribution in [-0.2, 0) is 24.8 Å². The van der Waals surface area contributed by atoms with Crippen LogP contribution in [0, 0.1) is 0 Å². The van der Waals surface area contributed by atoms with Gasteiger partial charge in [0.15, 0.2) is 6.10 Å². The molecule has 1 aliphatic heterocycles. The summed E-state index contributed by atoms with van der Waals surface area (Å²) in [6.07, 6.45) is 2.59. The second kappa shape index (κ2) is 5.91. The van der Waals surface area contributed by atoms with Crippen LogP contribution in [0.25, 0.3) is 0 Å². The standard InChI is InChI=1S/C15H15Cl2N3O2/c1-19-7-10(6-18-19)14(21)15(22)20-3-2-9-4-11(16)5-13(17)12(9)8-20/h4-7,14,21H,2-3,8H2,1H3. The summed E-state index contributed by atoms with van der Waals surface area (Å²) in [6, 6.07) is 3.55. The Hall–Kier alpha value is -1.56. The number of aliphatic hydroxyl groups excluding tert-OH is 1. The van der Waals surface area contributed by atoms with Crippen LogP contribution in [-0.4, -0.2) is 32.2 Å². The number of halogens is 2. The van der Waals surface area contributed by atoms with Crippen LogP contribution in [0.3, 0.4) is 0 Å². The third-order valence-corrected chi connectivity index (χ3v) is 4.39. The molecule has 1 unspecified atom stereocenters. The SMILES string of the molecule is Cn1cc(C(O)C(=O)N2CCc3cc(Cl)cc(Cl)c3C2)cn1. The number of nitrogens with zero attached hydrogens (tertiary/aromatic N) is 3. The molecule has 1 amide bonds. The van der Waals surface area contributed by atoms with Crippen LogP contribution >= 0.6 is 23.2 Å². The van der Waals surface area contributed by atoms with Gasteiger partial charge in [0.2, 0.25) is 0 Å². The number of fused-ring (bicyclic) bond motifs is 1. The van der Waals surface area contributed by atoms with E-state index in [0.29, 0.717) is 35.1 Å². The maximum atomic E-state index is 12.5. The Bertz CT molecular complexity index is 730. The first-order chi connectivity index (χ1) is 10.5. The largest absolute Gasteiger partial charge is 0.378 e. The number of rotatable bonds is 2. The highest BCUT2D eigenvalue weighted by molar-refractivity contribution is 6.35. The van der Waals surface area contributed by atoms with Gasteiger partial charge in [0.05, 0.1) is 6.20 Å². The second-order valence-electron chi connectivity index (χ2n) is 5.38. The van der Waals surface area contributed by atoms with E-state index < -0.39 is 6.10 Å². The van der Waals surface area contributed by atoms with Gasteiger partial charge >= 0.3 is 0 Å². The molecule has 1 aromatic carbocycles. The van der Waals surface area contributed by atoms with E-state index in [2.05, 4.69) is 5.10 Å². The lowest BCUT2D eigenvalue weighted by Gasteiger charge is -2.31. The molecule has 0 saturated heterocycles. The van der Waals surface area contributed by atoms with Gasteiger partial charge in [0.25, 0.3) is 5.91 Å². The van der Waals surface area contributed by atoms with Gasteiger partial charge in [0.1, 0.15) is 0 Å². The number of amides is 1. The third-order valence-electron chi connectivity index (χ3n) is 3.84. The van der Waals surface area contributed by atoms with E-state index >= 15 is 0 Å². The fourth-order valence-electron chi connectivity index (χ4n) is 2.67. The Kier molecular flexibility index (Phi) is 4.12. The summed E-state index contributed by atoms with van der Waals surface area (Å²) in [6.45, 7) is 0.904. The van der Waals surface area contributed by atoms with Crippen molar-refractivity contribution in [2.75, 3.05) is 6.54 Å². The molecule has 1 aliphatic rings. The topological polar surface area (TPSA) is 58.4 Å². The molecule has 116 valence electrons. The zero-order valence-corrected chi connectivity index (χ0v) is 13.5. The van der Waals surface area contributed by atoms with E-state index in [1.807, 2.05) is 6.07 Å². The number of benzene rings is 1. The molecule has 0 spiro atoms. The van der Waals surface area contributed by atoms with Crippen LogP contribution < -0.4 is 0 Å². The molecule has 1 atom stereocenters. The van der Waals surface area contributed by atoms with Gasteiger partial charge in [-0.1, -0.05) is 23.2 Å². The summed E-state index contributed by atoms with van der Waals surface area (Å²) < 4.78 is 1.55. The van der Waals surface area contributed by atoms with Crippen LogP contribution in [0.5, 0.6) is 0 Å². The van der Waals surface area contributed by atoms with Gasteiger partial charge in [-0.3, -0.25) is 9.48 Å². The Morgan fingerprint density at radius 1 is 1.41 bits per heavy atom. The van der Waals surface area contributed by atoms with Crippen molar-refractivity contribution < 1.29 is 9.90 Å². The van der Waals surface area contributed by atoms with Crippen LogP contribution in [0.15, 0.2) is 24.5 Å². The molecular formula is C15H15Cl2N3O2. The first kappa shape index (κ1) is 15.3. The van der Waals surface area contributed by atoms with E-state index in [1.165, 1.54) is 6.20 Å². The molecule has 0 bridgehead atoms. The first-order valence-corrected chi connectivity index (χ1v) is 7.63. The van der Waals surface area contributed by atoms with E-state index in [1.54, 1.807) is 28.9 Å². The van der Waals surface area contributed by atoms with Crippen LogP contribution in [0.1, 0.15) is 22.8 Å². The average molecular weight is 340 g/mol. The van der Waals surface area contributed by atoms with E-state index in [4.69, 9.17) is 23.2 Å². The molecule has 1 aromatic heterocycles. The van der Waals surface area contributed by atoms with E-state index in [0.717, 1.165) is 11.1 Å². The normalized spacial score (nSPS) is 15.5. The average Bonchev–Trinajstić information content (AvgIpc) is 2.92. The number of carbonyl (C=O) groups is 1. The van der Waals surface area contributed by atoms with E-state index in [-0.39, 0.29) is 5.91 Å². The van der Waals surface area contributed by atoms with Crippen molar-refractivity contribution in [2.45, 2.75) is 19.1 Å². The molecule has 5 nitrogen and oxygen atoms in total. The Morgan fingerprint density at radius 2 is 2.18 bits per heavy atom. The number of aromatic nitrogens is 2. The summed E-state index contributed by atoms with van der Waals surface area (Å²) in [4.78, 5) is 14.1. The van der Waals surface area contributed by atoms with Crippen molar-refractivity contribution in [3.63, 3.8) is 0 Å². The van der Waals surface area contributed by atoms with Crippen molar-refractivity contribution in [3.8, 4) is 0 Å². The molecule has 22 heavy (non-hydrogen) atoms. The second-order valence-corrected chi connectivity index (χ2v) is 6.23. The predicted molar refractivity (Wildman–Crippen MR) is 83.8 cm³/mol. The third kappa shape index (κ3) is 2.84. The van der Waals surface area contributed by atoms with Gasteiger partial charge in [-0.25, -0.2) is 0 Å². The lowest BCUT2D eigenvalue weighted by atomic mass is 9.99. The molecule has 0 saturated carbocycles. The number of aryl methyl sites for hydroxylation is 1. The molecule has 2 aromatic rings. The number of hydrogen-bond acceptors (Lipinski definition) is 3. The molecule has 1 N–H and O–H groups in total. The molecule has 0 fully saturated rings. The Balaban J connectivity index is 1.80. The number of carbonyl (C=O) groups excluding carboxylic acids is 1. The minimum absolute atomic E-state index is 0.343. The van der Waals surface area contributed by atoms with Crippen molar-refractivity contribution in [1.29, 1.82) is 0 Å².